The molecule has 1 saturated carbocycles. The maximum atomic E-state index is 12.4. The van der Waals surface area contributed by atoms with E-state index in [4.69, 9.17) is 28.5 Å². The van der Waals surface area contributed by atoms with Crippen LogP contribution >= 0.6 is 23.2 Å². The van der Waals surface area contributed by atoms with Gasteiger partial charge in [0.15, 0.2) is 6.19 Å². The monoisotopic (exact) mass is 353 g/mol. The number of carbonyl (C=O) groups excluding carboxylic acids is 2. The minimum absolute atomic E-state index is 0.269. The third kappa shape index (κ3) is 4.15. The molecule has 2 rings (SSSR count). The van der Waals surface area contributed by atoms with Crippen molar-refractivity contribution in [3.63, 3.8) is 0 Å². The molecule has 1 aromatic carbocycles. The standard InChI is InChI=1S/C16H17Cl2N3O2/c1-21(9-19)16(23)11-4-2-3-5-14(11)20-15(22)12-8-10(17)6-7-13(12)18/h6-8,11,14H,2-5H2,1H3,(H,20,22)/t11-,14+/m0/s1. The first-order valence-electron chi connectivity index (χ1n) is 7.37. The van der Waals surface area contributed by atoms with E-state index in [2.05, 4.69) is 5.32 Å². The van der Waals surface area contributed by atoms with Crippen molar-refractivity contribution in [2.45, 2.75) is 31.7 Å². The van der Waals surface area contributed by atoms with Crippen LogP contribution in [0.1, 0.15) is 36.0 Å². The van der Waals surface area contributed by atoms with Gasteiger partial charge in [0.2, 0.25) is 5.91 Å². The molecule has 2 atom stereocenters. The third-order valence-corrected chi connectivity index (χ3v) is 4.62. The smallest absolute Gasteiger partial charge is 0.253 e. The molecular weight excluding hydrogens is 337 g/mol. The van der Waals surface area contributed by atoms with E-state index >= 15 is 0 Å². The number of carbonyl (C=O) groups is 2. The predicted octanol–water partition coefficient (Wildman–Crippen LogP) is 3.22. The minimum Gasteiger partial charge on any atom is -0.348 e. The molecule has 0 aliphatic heterocycles. The van der Waals surface area contributed by atoms with E-state index in [1.165, 1.54) is 13.1 Å². The van der Waals surface area contributed by atoms with E-state index in [-0.39, 0.29) is 23.4 Å². The molecule has 23 heavy (non-hydrogen) atoms. The molecule has 1 aromatic rings. The molecule has 7 heteroatoms. The molecule has 2 amide bonds. The summed E-state index contributed by atoms with van der Waals surface area (Å²) in [7, 11) is 1.43. The first-order valence-corrected chi connectivity index (χ1v) is 8.13. The molecule has 0 unspecified atom stereocenters. The second kappa shape index (κ2) is 7.67. The number of halogens is 2. The fourth-order valence-electron chi connectivity index (χ4n) is 2.81. The third-order valence-electron chi connectivity index (χ3n) is 4.05. The Kier molecular flexibility index (Phi) is 5.86. The van der Waals surface area contributed by atoms with E-state index in [1.54, 1.807) is 12.1 Å². The number of nitrogens with one attached hydrogen (secondary N) is 1. The van der Waals surface area contributed by atoms with E-state index in [1.807, 2.05) is 6.19 Å². The topological polar surface area (TPSA) is 73.2 Å². The van der Waals surface area contributed by atoms with Crippen molar-refractivity contribution in [2.24, 2.45) is 5.92 Å². The van der Waals surface area contributed by atoms with Crippen LogP contribution in [-0.2, 0) is 4.79 Å². The van der Waals surface area contributed by atoms with Gasteiger partial charge in [-0.2, -0.15) is 5.26 Å². The van der Waals surface area contributed by atoms with Crippen LogP contribution in [0.5, 0.6) is 0 Å². The van der Waals surface area contributed by atoms with Gasteiger partial charge in [0.1, 0.15) is 0 Å². The molecule has 0 heterocycles. The summed E-state index contributed by atoms with van der Waals surface area (Å²) in [5, 5.41) is 12.5. The molecule has 1 fully saturated rings. The Morgan fingerprint density at radius 1 is 1.30 bits per heavy atom. The van der Waals surface area contributed by atoms with Gasteiger partial charge >= 0.3 is 0 Å². The number of benzene rings is 1. The highest BCUT2D eigenvalue weighted by atomic mass is 35.5. The van der Waals surface area contributed by atoms with Crippen molar-refractivity contribution in [3.8, 4) is 6.19 Å². The van der Waals surface area contributed by atoms with Gasteiger partial charge in [-0.15, -0.1) is 0 Å². The van der Waals surface area contributed by atoms with Gasteiger partial charge in [0, 0.05) is 18.1 Å². The maximum Gasteiger partial charge on any atom is 0.253 e. The number of nitriles is 1. The fourth-order valence-corrected chi connectivity index (χ4v) is 3.19. The van der Waals surface area contributed by atoms with Crippen molar-refractivity contribution in [1.29, 1.82) is 5.26 Å². The summed E-state index contributed by atoms with van der Waals surface area (Å²) in [5.41, 5.74) is 0.282. The van der Waals surface area contributed by atoms with E-state index < -0.39 is 5.92 Å². The summed E-state index contributed by atoms with van der Waals surface area (Å²) in [6.07, 6.45) is 4.99. The fraction of sp³-hybridized carbons (Fsp3) is 0.438. The average molecular weight is 354 g/mol. The summed E-state index contributed by atoms with van der Waals surface area (Å²) in [6, 6.07) is 4.36. The quantitative estimate of drug-likeness (QED) is 0.669. The first-order chi connectivity index (χ1) is 10.9. The van der Waals surface area contributed by atoms with Crippen LogP contribution in [0.3, 0.4) is 0 Å². The highest BCUT2D eigenvalue weighted by Crippen LogP contribution is 2.27. The second-order valence-electron chi connectivity index (χ2n) is 5.59. The molecule has 0 spiro atoms. The van der Waals surface area contributed by atoms with E-state index in [0.717, 1.165) is 17.7 Å². The highest BCUT2D eigenvalue weighted by molar-refractivity contribution is 6.35. The Morgan fingerprint density at radius 2 is 2.00 bits per heavy atom. The van der Waals surface area contributed by atoms with Crippen molar-refractivity contribution < 1.29 is 9.59 Å². The van der Waals surface area contributed by atoms with Gasteiger partial charge < -0.3 is 5.32 Å². The molecule has 0 aromatic heterocycles. The Bertz CT molecular complexity index is 657. The first kappa shape index (κ1) is 17.6. The highest BCUT2D eigenvalue weighted by Gasteiger charge is 2.34. The number of rotatable bonds is 3. The molecule has 1 aliphatic carbocycles. The lowest BCUT2D eigenvalue weighted by molar-refractivity contribution is -0.133. The van der Waals surface area contributed by atoms with Gasteiger partial charge in [0.25, 0.3) is 5.91 Å². The number of hydrogen-bond acceptors (Lipinski definition) is 3. The Morgan fingerprint density at radius 3 is 2.70 bits per heavy atom. The van der Waals surface area contributed by atoms with Crippen molar-refractivity contribution in [2.75, 3.05) is 7.05 Å². The van der Waals surface area contributed by atoms with Crippen LogP contribution in [0.4, 0.5) is 0 Å². The van der Waals surface area contributed by atoms with Crippen LogP contribution in [0.15, 0.2) is 18.2 Å². The number of nitrogens with zero attached hydrogens (tertiary/aromatic N) is 2. The Labute approximate surface area is 145 Å². The zero-order valence-electron chi connectivity index (χ0n) is 12.7. The molecule has 122 valence electrons. The lowest BCUT2D eigenvalue weighted by atomic mass is 9.83. The molecule has 0 saturated heterocycles. The van der Waals surface area contributed by atoms with Gasteiger partial charge in [-0.05, 0) is 31.0 Å². The summed E-state index contributed by atoms with van der Waals surface area (Å²) in [6.45, 7) is 0. The summed E-state index contributed by atoms with van der Waals surface area (Å²) in [4.78, 5) is 25.7. The van der Waals surface area contributed by atoms with E-state index in [0.29, 0.717) is 22.9 Å². The van der Waals surface area contributed by atoms with Crippen LogP contribution in [0, 0.1) is 17.4 Å². The van der Waals surface area contributed by atoms with E-state index in [9.17, 15) is 9.59 Å². The maximum absolute atomic E-state index is 12.4. The minimum atomic E-state index is -0.393. The van der Waals surface area contributed by atoms with Gasteiger partial charge in [-0.3, -0.25) is 14.5 Å². The number of hydrogen-bond donors (Lipinski definition) is 1. The van der Waals surface area contributed by atoms with Crippen molar-refractivity contribution >= 4 is 35.0 Å². The Hall–Kier alpha value is -1.77. The zero-order valence-corrected chi connectivity index (χ0v) is 14.2. The summed E-state index contributed by atoms with van der Waals surface area (Å²) < 4.78 is 0. The lowest BCUT2D eigenvalue weighted by Gasteiger charge is -2.32. The van der Waals surface area contributed by atoms with Crippen molar-refractivity contribution in [1.82, 2.24) is 10.2 Å². The molecule has 0 bridgehead atoms. The molecule has 1 N–H and O–H groups in total. The summed E-state index contributed by atoms with van der Waals surface area (Å²) >= 11 is 12.0. The van der Waals surface area contributed by atoms with Crippen LogP contribution in [0.2, 0.25) is 10.0 Å². The normalized spacial score (nSPS) is 20.4. The van der Waals surface area contributed by atoms with Crippen molar-refractivity contribution in [3.05, 3.63) is 33.8 Å². The van der Waals surface area contributed by atoms with Gasteiger partial charge in [0.05, 0.1) is 16.5 Å². The average Bonchev–Trinajstić information content (AvgIpc) is 2.56. The predicted molar refractivity (Wildman–Crippen MR) is 88.1 cm³/mol. The zero-order chi connectivity index (χ0) is 17.0. The largest absolute Gasteiger partial charge is 0.348 e. The summed E-state index contributed by atoms with van der Waals surface area (Å²) in [5.74, 6) is -1.02. The number of amides is 2. The molecule has 5 nitrogen and oxygen atoms in total. The van der Waals surface area contributed by atoms with Crippen LogP contribution < -0.4 is 5.32 Å². The lowest BCUT2D eigenvalue weighted by Crippen LogP contribution is -2.48. The molecular formula is C16H17Cl2N3O2. The molecule has 0 radical (unpaired) electrons. The van der Waals surface area contributed by atoms with Crippen LogP contribution in [0.25, 0.3) is 0 Å². The second-order valence-corrected chi connectivity index (χ2v) is 6.44. The molecule has 1 aliphatic rings. The van der Waals surface area contributed by atoms with Gasteiger partial charge in [-0.25, -0.2) is 0 Å². The Balaban J connectivity index is 2.16. The van der Waals surface area contributed by atoms with Crippen LogP contribution in [-0.4, -0.2) is 29.8 Å². The SMILES string of the molecule is CN(C#N)C(=O)[C@H]1CCCC[C@H]1NC(=O)c1cc(Cl)ccc1Cl. The van der Waals surface area contributed by atoms with Gasteiger partial charge in [-0.1, -0.05) is 36.0 Å².